The Bertz CT molecular complexity index is 495. The smallest absolute Gasteiger partial charge is 0.243 e. The zero-order valence-electron chi connectivity index (χ0n) is 10.8. The average molecular weight is 269 g/mol. The molecule has 100 valence electrons. The van der Waals surface area contributed by atoms with E-state index >= 15 is 0 Å². The van der Waals surface area contributed by atoms with E-state index in [1.165, 1.54) is 0 Å². The van der Waals surface area contributed by atoms with Gasteiger partial charge in [-0.25, -0.2) is 8.42 Å². The molecule has 1 aromatic rings. The molecule has 1 heterocycles. The minimum atomic E-state index is -3.34. The van der Waals surface area contributed by atoms with Gasteiger partial charge in [0.15, 0.2) is 0 Å². The van der Waals surface area contributed by atoms with Crippen molar-refractivity contribution in [1.29, 1.82) is 0 Å². The summed E-state index contributed by atoms with van der Waals surface area (Å²) in [7, 11) is -1.78. The highest BCUT2D eigenvalue weighted by atomic mass is 32.2. The Labute approximate surface area is 109 Å². The minimum absolute atomic E-state index is 0.345. The molecule has 1 aliphatic heterocycles. The van der Waals surface area contributed by atoms with Gasteiger partial charge in [-0.05, 0) is 43.0 Å². The standard InChI is InChI=1S/C13H19NO3S/c1-11-4-3-9-14(10-11)18(15,16)13-7-5-12(17-2)6-8-13/h5-8,11H,3-4,9-10H2,1-2H3. The van der Waals surface area contributed by atoms with Crippen LogP contribution in [0, 0.1) is 5.92 Å². The molecule has 0 spiro atoms. The van der Waals surface area contributed by atoms with Gasteiger partial charge in [0, 0.05) is 13.1 Å². The first-order chi connectivity index (χ1) is 8.54. The van der Waals surface area contributed by atoms with Crippen molar-refractivity contribution >= 4 is 10.0 Å². The molecule has 0 radical (unpaired) electrons. The Morgan fingerprint density at radius 3 is 2.50 bits per heavy atom. The van der Waals surface area contributed by atoms with Crippen molar-refractivity contribution in [3.8, 4) is 5.75 Å². The van der Waals surface area contributed by atoms with E-state index in [-0.39, 0.29) is 0 Å². The number of methoxy groups -OCH3 is 1. The molecule has 0 amide bonds. The van der Waals surface area contributed by atoms with Gasteiger partial charge < -0.3 is 4.74 Å². The van der Waals surface area contributed by atoms with Crippen LogP contribution in [0.15, 0.2) is 29.2 Å². The molecule has 0 aromatic heterocycles. The molecule has 0 bridgehead atoms. The summed E-state index contributed by atoms with van der Waals surface area (Å²) in [6.07, 6.45) is 2.05. The van der Waals surface area contributed by atoms with E-state index in [1.54, 1.807) is 35.7 Å². The Hall–Kier alpha value is -1.07. The van der Waals surface area contributed by atoms with Crippen LogP contribution < -0.4 is 4.74 Å². The second kappa shape index (κ2) is 5.28. The summed E-state index contributed by atoms with van der Waals surface area (Å²) in [6, 6.07) is 6.57. The third-order valence-corrected chi connectivity index (χ3v) is 5.20. The molecule has 1 fully saturated rings. The second-order valence-electron chi connectivity index (χ2n) is 4.79. The third kappa shape index (κ3) is 2.67. The zero-order chi connectivity index (χ0) is 13.2. The summed E-state index contributed by atoms with van der Waals surface area (Å²) in [4.78, 5) is 0.345. The first kappa shape index (κ1) is 13.4. The van der Waals surface area contributed by atoms with Crippen molar-refractivity contribution in [3.05, 3.63) is 24.3 Å². The molecule has 0 aliphatic carbocycles. The second-order valence-corrected chi connectivity index (χ2v) is 6.72. The Balaban J connectivity index is 2.23. The number of benzene rings is 1. The van der Waals surface area contributed by atoms with Gasteiger partial charge in [-0.15, -0.1) is 0 Å². The van der Waals surface area contributed by atoms with E-state index < -0.39 is 10.0 Å². The molecule has 1 saturated heterocycles. The summed E-state index contributed by atoms with van der Waals surface area (Å²) in [6.45, 7) is 3.34. The molecular formula is C13H19NO3S. The molecule has 1 atom stereocenters. The van der Waals surface area contributed by atoms with Crippen LogP contribution in [-0.2, 0) is 10.0 Å². The van der Waals surface area contributed by atoms with Crippen molar-refractivity contribution in [2.75, 3.05) is 20.2 Å². The minimum Gasteiger partial charge on any atom is -0.497 e. The number of nitrogens with zero attached hydrogens (tertiary/aromatic N) is 1. The van der Waals surface area contributed by atoms with E-state index in [9.17, 15) is 8.42 Å². The summed E-state index contributed by atoms with van der Waals surface area (Å²) in [5.74, 6) is 1.10. The normalized spacial score (nSPS) is 21.8. The number of piperidine rings is 1. The maximum absolute atomic E-state index is 12.4. The number of sulfonamides is 1. The molecule has 4 nitrogen and oxygen atoms in total. The summed E-state index contributed by atoms with van der Waals surface area (Å²) in [5, 5.41) is 0. The van der Waals surface area contributed by atoms with E-state index in [1.807, 2.05) is 0 Å². The summed E-state index contributed by atoms with van der Waals surface area (Å²) in [5.41, 5.74) is 0. The van der Waals surface area contributed by atoms with E-state index in [4.69, 9.17) is 4.74 Å². The lowest BCUT2D eigenvalue weighted by Gasteiger charge is -2.30. The fourth-order valence-corrected chi connectivity index (χ4v) is 3.86. The summed E-state index contributed by atoms with van der Waals surface area (Å²) >= 11 is 0. The lowest BCUT2D eigenvalue weighted by atomic mass is 10.0. The first-order valence-electron chi connectivity index (χ1n) is 6.18. The molecule has 1 aliphatic rings. The quantitative estimate of drug-likeness (QED) is 0.844. The predicted molar refractivity (Wildman–Crippen MR) is 70.2 cm³/mol. The molecule has 18 heavy (non-hydrogen) atoms. The van der Waals surface area contributed by atoms with Crippen LogP contribution in [0.3, 0.4) is 0 Å². The Morgan fingerprint density at radius 2 is 1.94 bits per heavy atom. The van der Waals surface area contributed by atoms with Crippen LogP contribution >= 0.6 is 0 Å². The van der Waals surface area contributed by atoms with Gasteiger partial charge in [0.1, 0.15) is 5.75 Å². The lowest BCUT2D eigenvalue weighted by molar-refractivity contribution is 0.281. The van der Waals surface area contributed by atoms with Crippen molar-refractivity contribution < 1.29 is 13.2 Å². The highest BCUT2D eigenvalue weighted by Crippen LogP contribution is 2.24. The van der Waals surface area contributed by atoms with Crippen molar-refractivity contribution in [2.45, 2.75) is 24.7 Å². The van der Waals surface area contributed by atoms with Gasteiger partial charge in [0.05, 0.1) is 12.0 Å². The van der Waals surface area contributed by atoms with Crippen LogP contribution in [0.2, 0.25) is 0 Å². The van der Waals surface area contributed by atoms with Crippen molar-refractivity contribution in [1.82, 2.24) is 4.31 Å². The monoisotopic (exact) mass is 269 g/mol. The van der Waals surface area contributed by atoms with E-state index in [2.05, 4.69) is 6.92 Å². The van der Waals surface area contributed by atoms with Gasteiger partial charge in [0.2, 0.25) is 10.0 Å². The van der Waals surface area contributed by atoms with Crippen LogP contribution in [0.5, 0.6) is 5.75 Å². The Kier molecular flexibility index (Phi) is 3.92. The fourth-order valence-electron chi connectivity index (χ4n) is 2.26. The van der Waals surface area contributed by atoms with E-state index in [0.717, 1.165) is 12.8 Å². The maximum Gasteiger partial charge on any atom is 0.243 e. The van der Waals surface area contributed by atoms with Gasteiger partial charge in [-0.1, -0.05) is 6.92 Å². The molecule has 0 N–H and O–H groups in total. The van der Waals surface area contributed by atoms with Crippen molar-refractivity contribution in [2.24, 2.45) is 5.92 Å². The van der Waals surface area contributed by atoms with Gasteiger partial charge >= 0.3 is 0 Å². The number of hydrogen-bond acceptors (Lipinski definition) is 3. The average Bonchev–Trinajstić information content (AvgIpc) is 2.39. The number of rotatable bonds is 3. The van der Waals surface area contributed by atoms with Crippen molar-refractivity contribution in [3.63, 3.8) is 0 Å². The molecule has 1 unspecified atom stereocenters. The van der Waals surface area contributed by atoms with Crippen LogP contribution in [0.25, 0.3) is 0 Å². The summed E-state index contributed by atoms with van der Waals surface area (Å²) < 4.78 is 31.5. The molecular weight excluding hydrogens is 250 g/mol. The molecule has 0 saturated carbocycles. The van der Waals surface area contributed by atoms with Crippen LogP contribution in [0.4, 0.5) is 0 Å². The van der Waals surface area contributed by atoms with Gasteiger partial charge in [-0.2, -0.15) is 4.31 Å². The predicted octanol–water partition coefficient (Wildman–Crippen LogP) is 2.12. The molecule has 5 heteroatoms. The van der Waals surface area contributed by atoms with E-state index in [0.29, 0.717) is 29.7 Å². The highest BCUT2D eigenvalue weighted by Gasteiger charge is 2.28. The lowest BCUT2D eigenvalue weighted by Crippen LogP contribution is -2.39. The first-order valence-corrected chi connectivity index (χ1v) is 7.62. The third-order valence-electron chi connectivity index (χ3n) is 3.32. The van der Waals surface area contributed by atoms with Gasteiger partial charge in [-0.3, -0.25) is 0 Å². The fraction of sp³-hybridized carbons (Fsp3) is 0.538. The Morgan fingerprint density at radius 1 is 1.28 bits per heavy atom. The molecule has 2 rings (SSSR count). The largest absolute Gasteiger partial charge is 0.497 e. The number of hydrogen-bond donors (Lipinski definition) is 0. The SMILES string of the molecule is COc1ccc(S(=O)(=O)N2CCCC(C)C2)cc1. The topological polar surface area (TPSA) is 46.6 Å². The molecule has 1 aromatic carbocycles. The number of ether oxygens (including phenoxy) is 1. The highest BCUT2D eigenvalue weighted by molar-refractivity contribution is 7.89. The van der Waals surface area contributed by atoms with Crippen LogP contribution in [0.1, 0.15) is 19.8 Å². The zero-order valence-corrected chi connectivity index (χ0v) is 11.6. The maximum atomic E-state index is 12.4. The van der Waals surface area contributed by atoms with Gasteiger partial charge in [0.25, 0.3) is 0 Å². The van der Waals surface area contributed by atoms with Crippen LogP contribution in [-0.4, -0.2) is 32.9 Å².